The molecule has 0 saturated carbocycles. The third-order valence-electron chi connectivity index (χ3n) is 3.62. The number of allylic oxidation sites excluding steroid dienone is 2. The Morgan fingerprint density at radius 1 is 1.04 bits per heavy atom. The average molecular weight is 325 g/mol. The minimum Gasteiger partial charge on any atom is -0.507 e. The molecule has 1 aliphatic rings. The van der Waals surface area contributed by atoms with Gasteiger partial charge in [0.05, 0.1) is 5.02 Å². The molecule has 0 spiro atoms. The first-order valence-corrected chi connectivity index (χ1v) is 7.34. The number of nitrogens with zero attached hydrogens (tertiary/aromatic N) is 2. The van der Waals surface area contributed by atoms with E-state index in [1.165, 1.54) is 0 Å². The molecule has 2 aromatic carbocycles. The molecule has 5 heteroatoms. The van der Waals surface area contributed by atoms with E-state index in [0.29, 0.717) is 28.0 Å². The molecule has 0 bridgehead atoms. The van der Waals surface area contributed by atoms with E-state index in [1.807, 2.05) is 6.07 Å². The molecule has 3 rings (SSSR count). The Morgan fingerprint density at radius 3 is 2.35 bits per heavy atom. The van der Waals surface area contributed by atoms with Gasteiger partial charge in [0.1, 0.15) is 5.75 Å². The number of phenols is 1. The molecule has 0 radical (unpaired) electrons. The van der Waals surface area contributed by atoms with Crippen molar-refractivity contribution in [2.45, 2.75) is 5.66 Å². The quantitative estimate of drug-likeness (QED) is 0.873. The van der Waals surface area contributed by atoms with Crippen molar-refractivity contribution in [1.82, 2.24) is 0 Å². The molecule has 114 valence electrons. The van der Waals surface area contributed by atoms with Gasteiger partial charge in [-0.2, -0.15) is 0 Å². The van der Waals surface area contributed by atoms with E-state index in [1.54, 1.807) is 61.0 Å². The van der Waals surface area contributed by atoms with E-state index < -0.39 is 5.66 Å². The predicted octanol–water partition coefficient (Wildman–Crippen LogP) is 3.77. The molecule has 0 fully saturated rings. The van der Waals surface area contributed by atoms with Gasteiger partial charge in [-0.3, -0.25) is 14.8 Å². The number of hydrogen-bond acceptors (Lipinski definition) is 4. The highest BCUT2D eigenvalue weighted by Gasteiger charge is 2.35. The van der Waals surface area contributed by atoms with Crippen LogP contribution in [0.1, 0.15) is 21.5 Å². The van der Waals surface area contributed by atoms with Gasteiger partial charge < -0.3 is 5.11 Å². The Labute approximate surface area is 138 Å². The third kappa shape index (κ3) is 2.69. The fourth-order valence-corrected chi connectivity index (χ4v) is 2.71. The normalized spacial score (nSPS) is 15.3. The standard InChI is InChI=1S/C18H13ClN2O2/c19-16-11-14(8-7-13(16)12-22)18(20-9-3-4-10-21-18)15-5-1-2-6-17(15)23/h1-12,23H. The van der Waals surface area contributed by atoms with Crippen molar-refractivity contribution < 1.29 is 9.90 Å². The van der Waals surface area contributed by atoms with Gasteiger partial charge in [-0.25, -0.2) is 0 Å². The van der Waals surface area contributed by atoms with E-state index in [9.17, 15) is 9.90 Å². The minimum atomic E-state index is -1.15. The van der Waals surface area contributed by atoms with Gasteiger partial charge >= 0.3 is 0 Å². The molecular formula is C18H13ClN2O2. The highest BCUT2D eigenvalue weighted by atomic mass is 35.5. The van der Waals surface area contributed by atoms with Crippen LogP contribution in [0.4, 0.5) is 0 Å². The number of para-hydroxylation sites is 1. The lowest BCUT2D eigenvalue weighted by Gasteiger charge is -2.27. The summed E-state index contributed by atoms with van der Waals surface area (Å²) in [5.41, 5.74) is 0.430. The van der Waals surface area contributed by atoms with E-state index in [-0.39, 0.29) is 5.75 Å². The molecular weight excluding hydrogens is 312 g/mol. The zero-order valence-electron chi connectivity index (χ0n) is 12.1. The first-order valence-electron chi connectivity index (χ1n) is 6.97. The maximum Gasteiger partial charge on any atom is 0.204 e. The average Bonchev–Trinajstić information content (AvgIpc) is 2.82. The van der Waals surface area contributed by atoms with Crippen LogP contribution >= 0.6 is 11.6 Å². The SMILES string of the molecule is O=Cc1ccc(C2(c3ccccc3O)N=CC=CC=N2)cc1Cl. The van der Waals surface area contributed by atoms with Crippen LogP contribution in [0.3, 0.4) is 0 Å². The summed E-state index contributed by atoms with van der Waals surface area (Å²) in [6.45, 7) is 0. The first kappa shape index (κ1) is 15.2. The van der Waals surface area contributed by atoms with E-state index >= 15 is 0 Å². The molecule has 0 aromatic heterocycles. The van der Waals surface area contributed by atoms with Gasteiger partial charge in [0.15, 0.2) is 6.29 Å². The molecule has 1 heterocycles. The Hall–Kier alpha value is -2.72. The number of benzene rings is 2. The van der Waals surface area contributed by atoms with Crippen LogP contribution in [0.15, 0.2) is 64.6 Å². The monoisotopic (exact) mass is 324 g/mol. The summed E-state index contributed by atoms with van der Waals surface area (Å²) in [5.74, 6) is 0.0827. The van der Waals surface area contributed by atoms with Crippen molar-refractivity contribution in [3.05, 3.63) is 76.3 Å². The lowest BCUT2D eigenvalue weighted by atomic mass is 9.90. The van der Waals surface area contributed by atoms with E-state index in [0.717, 1.165) is 0 Å². The van der Waals surface area contributed by atoms with Crippen molar-refractivity contribution in [3.63, 3.8) is 0 Å². The summed E-state index contributed by atoms with van der Waals surface area (Å²) >= 11 is 6.17. The summed E-state index contributed by atoms with van der Waals surface area (Å²) in [4.78, 5) is 20.1. The number of hydrogen-bond donors (Lipinski definition) is 1. The van der Waals surface area contributed by atoms with Gasteiger partial charge in [-0.05, 0) is 30.4 Å². The largest absolute Gasteiger partial charge is 0.507 e. The summed E-state index contributed by atoms with van der Waals surface area (Å²) in [7, 11) is 0. The lowest BCUT2D eigenvalue weighted by molar-refractivity contribution is 0.112. The third-order valence-corrected chi connectivity index (χ3v) is 3.94. The van der Waals surface area contributed by atoms with Gasteiger partial charge in [-0.1, -0.05) is 35.9 Å². The number of aromatic hydroxyl groups is 1. The summed E-state index contributed by atoms with van der Waals surface area (Å²) < 4.78 is 0. The highest BCUT2D eigenvalue weighted by molar-refractivity contribution is 6.33. The zero-order chi connectivity index (χ0) is 16.3. The Balaban J connectivity index is 2.27. The zero-order valence-corrected chi connectivity index (χ0v) is 12.8. The smallest absolute Gasteiger partial charge is 0.204 e. The van der Waals surface area contributed by atoms with Crippen LogP contribution in [-0.2, 0) is 5.66 Å². The molecule has 1 N–H and O–H groups in total. The van der Waals surface area contributed by atoms with Crippen molar-refractivity contribution in [3.8, 4) is 5.75 Å². The Kier molecular flexibility index (Phi) is 4.08. The number of rotatable bonds is 3. The van der Waals surface area contributed by atoms with Gasteiger partial charge in [0.25, 0.3) is 0 Å². The second kappa shape index (κ2) is 6.18. The first-order chi connectivity index (χ1) is 11.2. The Morgan fingerprint density at radius 2 is 1.74 bits per heavy atom. The van der Waals surface area contributed by atoms with Crippen LogP contribution in [-0.4, -0.2) is 23.8 Å². The van der Waals surface area contributed by atoms with Crippen molar-refractivity contribution in [2.75, 3.05) is 0 Å². The summed E-state index contributed by atoms with van der Waals surface area (Å²) in [6, 6.07) is 11.9. The van der Waals surface area contributed by atoms with Crippen molar-refractivity contribution in [1.29, 1.82) is 0 Å². The van der Waals surface area contributed by atoms with Crippen LogP contribution in [0.25, 0.3) is 0 Å². The molecule has 0 aliphatic carbocycles. The molecule has 1 aliphatic heterocycles. The number of carbonyl (C=O) groups excluding carboxylic acids is 1. The topological polar surface area (TPSA) is 62.0 Å². The fourth-order valence-electron chi connectivity index (χ4n) is 2.49. The van der Waals surface area contributed by atoms with Gasteiger partial charge in [-0.15, -0.1) is 0 Å². The molecule has 0 amide bonds. The molecule has 2 aromatic rings. The summed E-state index contributed by atoms with van der Waals surface area (Å²) in [6.07, 6.45) is 7.46. The number of aliphatic imine (C=N–C) groups is 2. The number of aldehydes is 1. The maximum atomic E-state index is 11.0. The molecule has 4 nitrogen and oxygen atoms in total. The van der Waals surface area contributed by atoms with E-state index in [2.05, 4.69) is 9.98 Å². The van der Waals surface area contributed by atoms with Crippen molar-refractivity contribution in [2.24, 2.45) is 9.98 Å². The van der Waals surface area contributed by atoms with Crippen LogP contribution in [0, 0.1) is 0 Å². The Bertz CT molecular complexity index is 825. The minimum absolute atomic E-state index is 0.0827. The van der Waals surface area contributed by atoms with Crippen molar-refractivity contribution >= 4 is 30.3 Å². The maximum absolute atomic E-state index is 11.0. The molecule has 23 heavy (non-hydrogen) atoms. The fraction of sp³-hybridized carbons (Fsp3) is 0.0556. The predicted molar refractivity (Wildman–Crippen MR) is 91.9 cm³/mol. The van der Waals surface area contributed by atoms with Gasteiger partial charge in [0.2, 0.25) is 5.66 Å². The molecule has 0 saturated heterocycles. The second-order valence-corrected chi connectivity index (χ2v) is 5.39. The molecule has 0 unspecified atom stereocenters. The highest BCUT2D eigenvalue weighted by Crippen LogP contribution is 2.41. The van der Waals surface area contributed by atoms with Crippen LogP contribution in [0.5, 0.6) is 5.75 Å². The number of halogens is 1. The van der Waals surface area contributed by atoms with Crippen LogP contribution in [0.2, 0.25) is 5.02 Å². The molecule has 0 atom stereocenters. The number of phenolic OH excluding ortho intramolecular Hbond substituents is 1. The summed E-state index contributed by atoms with van der Waals surface area (Å²) in [5, 5.41) is 10.6. The second-order valence-electron chi connectivity index (χ2n) is 4.98. The lowest BCUT2D eigenvalue weighted by Crippen LogP contribution is -2.23. The van der Waals surface area contributed by atoms with Crippen LogP contribution < -0.4 is 0 Å². The van der Waals surface area contributed by atoms with Gasteiger partial charge in [0, 0.05) is 29.1 Å². The number of carbonyl (C=O) groups is 1. The van der Waals surface area contributed by atoms with E-state index in [4.69, 9.17) is 11.6 Å².